The van der Waals surface area contributed by atoms with Crippen molar-refractivity contribution in [3.8, 4) is 0 Å². The maximum Gasteiger partial charge on any atom is 0.250 e. The first-order chi connectivity index (χ1) is 7.66. The lowest BCUT2D eigenvalue weighted by atomic mass is 10.1. The first-order valence-corrected chi connectivity index (χ1v) is 5.54. The zero-order chi connectivity index (χ0) is 11.5. The number of benzene rings is 1. The second-order valence-electron chi connectivity index (χ2n) is 4.25. The summed E-state index contributed by atoms with van der Waals surface area (Å²) in [6, 6.07) is 6.04. The third-order valence-electron chi connectivity index (χ3n) is 2.86. The van der Waals surface area contributed by atoms with Gasteiger partial charge >= 0.3 is 0 Å². The molecule has 16 heavy (non-hydrogen) atoms. The second-order valence-corrected chi connectivity index (χ2v) is 4.25. The molecule has 1 aliphatic rings. The van der Waals surface area contributed by atoms with Gasteiger partial charge < -0.3 is 16.4 Å². The fourth-order valence-electron chi connectivity index (χ4n) is 1.99. The predicted octanol–water partition coefficient (Wildman–Crippen LogP) is 0.868. The molecule has 1 unspecified atom stereocenters. The zero-order valence-electron chi connectivity index (χ0n) is 9.42. The van der Waals surface area contributed by atoms with Gasteiger partial charge in [-0.2, -0.15) is 0 Å². The van der Waals surface area contributed by atoms with Crippen LogP contribution in [0, 0.1) is 6.92 Å². The molecule has 0 spiro atoms. The van der Waals surface area contributed by atoms with Crippen molar-refractivity contribution in [2.24, 2.45) is 5.73 Å². The van der Waals surface area contributed by atoms with E-state index in [4.69, 9.17) is 5.73 Å². The number of amides is 1. The van der Waals surface area contributed by atoms with Crippen LogP contribution >= 0.6 is 0 Å². The van der Waals surface area contributed by atoms with Crippen molar-refractivity contribution in [3.05, 3.63) is 29.3 Å². The number of aryl methyl sites for hydroxylation is 1. The Morgan fingerprint density at radius 3 is 3.00 bits per heavy atom. The Morgan fingerprint density at radius 2 is 2.38 bits per heavy atom. The van der Waals surface area contributed by atoms with Crippen molar-refractivity contribution < 1.29 is 4.79 Å². The normalized spacial score (nSPS) is 19.7. The van der Waals surface area contributed by atoms with E-state index in [1.54, 1.807) is 6.07 Å². The van der Waals surface area contributed by atoms with Crippen LogP contribution in [0.2, 0.25) is 0 Å². The summed E-state index contributed by atoms with van der Waals surface area (Å²) in [6.07, 6.45) is 1.08. The number of carbonyl (C=O) groups excluding carboxylic acids is 1. The highest BCUT2D eigenvalue weighted by Crippen LogP contribution is 2.19. The van der Waals surface area contributed by atoms with E-state index in [-0.39, 0.29) is 5.91 Å². The summed E-state index contributed by atoms with van der Waals surface area (Å²) in [5, 5.41) is 6.65. The van der Waals surface area contributed by atoms with Crippen LogP contribution < -0.4 is 16.4 Å². The average Bonchev–Trinajstić information content (AvgIpc) is 2.70. The number of nitrogens with one attached hydrogen (secondary N) is 2. The van der Waals surface area contributed by atoms with E-state index in [0.717, 1.165) is 30.8 Å². The Balaban J connectivity index is 2.22. The van der Waals surface area contributed by atoms with E-state index in [1.165, 1.54) is 0 Å². The largest absolute Gasteiger partial charge is 0.380 e. The van der Waals surface area contributed by atoms with Crippen molar-refractivity contribution in [1.82, 2.24) is 5.32 Å². The Kier molecular flexibility index (Phi) is 3.10. The molecule has 0 radical (unpaired) electrons. The lowest BCUT2D eigenvalue weighted by Gasteiger charge is -2.16. The number of carbonyl (C=O) groups is 1. The van der Waals surface area contributed by atoms with Gasteiger partial charge in [0.2, 0.25) is 0 Å². The molecule has 1 aromatic carbocycles. The van der Waals surface area contributed by atoms with Crippen molar-refractivity contribution in [2.75, 3.05) is 18.4 Å². The van der Waals surface area contributed by atoms with Crippen LogP contribution in [0.25, 0.3) is 0 Å². The van der Waals surface area contributed by atoms with Crippen molar-refractivity contribution in [3.63, 3.8) is 0 Å². The first kappa shape index (κ1) is 11.0. The average molecular weight is 219 g/mol. The minimum Gasteiger partial charge on any atom is -0.380 e. The molecule has 1 heterocycles. The summed E-state index contributed by atoms with van der Waals surface area (Å²) in [5.41, 5.74) is 7.88. The second kappa shape index (κ2) is 4.53. The Labute approximate surface area is 95.2 Å². The van der Waals surface area contributed by atoms with E-state index in [0.29, 0.717) is 11.6 Å². The molecule has 4 nitrogen and oxygen atoms in total. The zero-order valence-corrected chi connectivity index (χ0v) is 9.42. The molecule has 1 fully saturated rings. The molecule has 0 saturated carbocycles. The summed E-state index contributed by atoms with van der Waals surface area (Å²) in [6.45, 7) is 3.96. The van der Waals surface area contributed by atoms with Crippen LogP contribution in [0.3, 0.4) is 0 Å². The number of rotatable bonds is 3. The fraction of sp³-hybridized carbons (Fsp3) is 0.417. The van der Waals surface area contributed by atoms with Crippen LogP contribution in [0.15, 0.2) is 18.2 Å². The van der Waals surface area contributed by atoms with E-state index in [9.17, 15) is 4.79 Å². The third-order valence-corrected chi connectivity index (χ3v) is 2.86. The highest BCUT2D eigenvalue weighted by Gasteiger charge is 2.16. The Bertz CT molecular complexity index is 397. The quantitative estimate of drug-likeness (QED) is 0.706. The Morgan fingerprint density at radius 1 is 1.56 bits per heavy atom. The monoisotopic (exact) mass is 219 g/mol. The fourth-order valence-corrected chi connectivity index (χ4v) is 1.99. The maximum absolute atomic E-state index is 11.3. The standard InChI is InChI=1S/C12H17N3O/c1-8-2-3-10(12(13)16)11(6-8)15-9-4-5-14-7-9/h2-3,6,9,14-15H,4-5,7H2,1H3,(H2,13,16). The highest BCUT2D eigenvalue weighted by atomic mass is 16.1. The highest BCUT2D eigenvalue weighted by molar-refractivity contribution is 5.98. The van der Waals surface area contributed by atoms with Gasteiger partial charge in [-0.1, -0.05) is 6.07 Å². The topological polar surface area (TPSA) is 67.2 Å². The van der Waals surface area contributed by atoms with E-state index in [2.05, 4.69) is 10.6 Å². The van der Waals surface area contributed by atoms with E-state index in [1.807, 2.05) is 19.1 Å². The summed E-state index contributed by atoms with van der Waals surface area (Å²) in [7, 11) is 0. The van der Waals surface area contributed by atoms with Crippen LogP contribution in [0.4, 0.5) is 5.69 Å². The number of hydrogen-bond acceptors (Lipinski definition) is 3. The van der Waals surface area contributed by atoms with Crippen LogP contribution in [0.5, 0.6) is 0 Å². The lowest BCUT2D eigenvalue weighted by molar-refractivity contribution is 0.100. The van der Waals surface area contributed by atoms with Gasteiger partial charge in [-0.25, -0.2) is 0 Å². The number of anilines is 1. The molecule has 0 aromatic heterocycles. The van der Waals surface area contributed by atoms with Crippen LogP contribution in [0.1, 0.15) is 22.3 Å². The number of primary amides is 1. The molecule has 0 aliphatic carbocycles. The molecule has 1 amide bonds. The summed E-state index contributed by atoms with van der Waals surface area (Å²) in [4.78, 5) is 11.3. The van der Waals surface area contributed by atoms with Gasteiger partial charge in [0.1, 0.15) is 0 Å². The van der Waals surface area contributed by atoms with Crippen LogP contribution in [-0.4, -0.2) is 25.0 Å². The van der Waals surface area contributed by atoms with Gasteiger partial charge in [0.05, 0.1) is 5.56 Å². The molecule has 4 N–H and O–H groups in total. The molecular formula is C12H17N3O. The summed E-state index contributed by atoms with van der Waals surface area (Å²) >= 11 is 0. The van der Waals surface area contributed by atoms with E-state index >= 15 is 0 Å². The van der Waals surface area contributed by atoms with Crippen molar-refractivity contribution >= 4 is 11.6 Å². The molecule has 1 saturated heterocycles. The van der Waals surface area contributed by atoms with Crippen molar-refractivity contribution in [2.45, 2.75) is 19.4 Å². The minimum absolute atomic E-state index is 0.381. The molecule has 86 valence electrons. The third kappa shape index (κ3) is 2.33. The van der Waals surface area contributed by atoms with Gasteiger partial charge in [-0.3, -0.25) is 4.79 Å². The predicted molar refractivity (Wildman–Crippen MR) is 64.6 cm³/mol. The van der Waals surface area contributed by atoms with Gasteiger partial charge in [-0.15, -0.1) is 0 Å². The summed E-state index contributed by atoms with van der Waals surface area (Å²) < 4.78 is 0. The van der Waals surface area contributed by atoms with E-state index < -0.39 is 0 Å². The summed E-state index contributed by atoms with van der Waals surface area (Å²) in [5.74, 6) is -0.381. The maximum atomic E-state index is 11.3. The number of hydrogen-bond donors (Lipinski definition) is 3. The number of nitrogens with two attached hydrogens (primary N) is 1. The van der Waals surface area contributed by atoms with Gasteiger partial charge in [-0.05, 0) is 37.6 Å². The van der Waals surface area contributed by atoms with Crippen LogP contribution in [-0.2, 0) is 0 Å². The SMILES string of the molecule is Cc1ccc(C(N)=O)c(NC2CCNC2)c1. The van der Waals surface area contributed by atoms with Gasteiger partial charge in [0.25, 0.3) is 5.91 Å². The first-order valence-electron chi connectivity index (χ1n) is 5.54. The molecular weight excluding hydrogens is 202 g/mol. The molecule has 1 atom stereocenters. The lowest BCUT2D eigenvalue weighted by Crippen LogP contribution is -2.24. The van der Waals surface area contributed by atoms with Gasteiger partial charge in [0, 0.05) is 18.3 Å². The molecule has 1 aliphatic heterocycles. The molecule has 2 rings (SSSR count). The Hall–Kier alpha value is -1.55. The van der Waals surface area contributed by atoms with Crippen molar-refractivity contribution in [1.29, 1.82) is 0 Å². The van der Waals surface area contributed by atoms with Gasteiger partial charge in [0.15, 0.2) is 0 Å². The minimum atomic E-state index is -0.381. The molecule has 4 heteroatoms. The molecule has 1 aromatic rings. The smallest absolute Gasteiger partial charge is 0.250 e. The molecule has 0 bridgehead atoms.